The number of rotatable bonds is 5. The van der Waals surface area contributed by atoms with E-state index in [1.807, 2.05) is 12.1 Å². The quantitative estimate of drug-likeness (QED) is 0.770. The Morgan fingerprint density at radius 2 is 1.96 bits per heavy atom. The maximum Gasteiger partial charge on any atom is 0.246 e. The Hall–Kier alpha value is -2.93. The number of ether oxygens (including phenoxy) is 1. The van der Waals surface area contributed by atoms with Gasteiger partial charge in [-0.1, -0.05) is 23.7 Å². The van der Waals surface area contributed by atoms with Gasteiger partial charge in [0.1, 0.15) is 12.3 Å². The smallest absolute Gasteiger partial charge is 0.246 e. The topological polar surface area (TPSA) is 81.9 Å². The van der Waals surface area contributed by atoms with Gasteiger partial charge in [0.05, 0.1) is 12.8 Å². The summed E-state index contributed by atoms with van der Waals surface area (Å²) in [4.78, 5) is 12.3. The van der Waals surface area contributed by atoms with Gasteiger partial charge in [0, 0.05) is 10.6 Å². The van der Waals surface area contributed by atoms with Crippen molar-refractivity contribution in [3.05, 3.63) is 53.6 Å². The maximum atomic E-state index is 12.3. The molecule has 0 bridgehead atoms. The van der Waals surface area contributed by atoms with E-state index < -0.39 is 0 Å². The Bertz CT molecular complexity index is 848. The zero-order valence-corrected chi connectivity index (χ0v) is 13.6. The zero-order chi connectivity index (χ0) is 16.9. The number of nitrogens with zero attached hydrogens (tertiary/aromatic N) is 4. The summed E-state index contributed by atoms with van der Waals surface area (Å²) in [5.41, 5.74) is 1.36. The summed E-state index contributed by atoms with van der Waals surface area (Å²) in [5.74, 6) is 0.810. The molecule has 24 heavy (non-hydrogen) atoms. The second-order valence-electron chi connectivity index (χ2n) is 4.92. The summed E-state index contributed by atoms with van der Waals surface area (Å²) < 4.78 is 6.64. The molecule has 0 atom stereocenters. The number of anilines is 1. The Kier molecular flexibility index (Phi) is 4.72. The lowest BCUT2D eigenvalue weighted by Crippen LogP contribution is -2.20. The third-order valence-corrected chi connectivity index (χ3v) is 3.56. The molecule has 2 aromatic carbocycles. The van der Waals surface area contributed by atoms with Crippen molar-refractivity contribution in [3.63, 3.8) is 0 Å². The number of aromatic nitrogens is 4. The fraction of sp³-hybridized carbons (Fsp3) is 0.125. The van der Waals surface area contributed by atoms with Gasteiger partial charge in [-0.25, -0.2) is 4.68 Å². The van der Waals surface area contributed by atoms with Crippen LogP contribution in [0, 0.1) is 0 Å². The molecule has 0 aliphatic carbocycles. The molecule has 0 unspecified atom stereocenters. The normalized spacial score (nSPS) is 10.4. The summed E-state index contributed by atoms with van der Waals surface area (Å²) in [6.45, 7) is -0.0248. The molecule has 1 amide bonds. The van der Waals surface area contributed by atoms with Crippen LogP contribution in [0.15, 0.2) is 48.5 Å². The van der Waals surface area contributed by atoms with Crippen LogP contribution in [-0.4, -0.2) is 33.2 Å². The van der Waals surface area contributed by atoms with Gasteiger partial charge in [0.15, 0.2) is 5.82 Å². The summed E-state index contributed by atoms with van der Waals surface area (Å²) in [5, 5.41) is 14.9. The van der Waals surface area contributed by atoms with Crippen LogP contribution in [0.1, 0.15) is 0 Å². The second kappa shape index (κ2) is 7.10. The average Bonchev–Trinajstić information content (AvgIpc) is 3.04. The van der Waals surface area contributed by atoms with Crippen molar-refractivity contribution in [1.82, 2.24) is 20.2 Å². The maximum absolute atomic E-state index is 12.3. The van der Waals surface area contributed by atoms with Crippen LogP contribution >= 0.6 is 11.6 Å². The van der Waals surface area contributed by atoms with Crippen LogP contribution in [0.4, 0.5) is 5.69 Å². The van der Waals surface area contributed by atoms with Crippen LogP contribution < -0.4 is 10.1 Å². The number of para-hydroxylation sites is 2. The van der Waals surface area contributed by atoms with Crippen molar-refractivity contribution in [2.45, 2.75) is 6.54 Å². The summed E-state index contributed by atoms with van der Waals surface area (Å²) >= 11 is 5.88. The number of carbonyl (C=O) groups is 1. The molecule has 8 heteroatoms. The molecule has 0 fully saturated rings. The van der Waals surface area contributed by atoms with Gasteiger partial charge in [0.2, 0.25) is 5.91 Å². The highest BCUT2D eigenvalue weighted by Crippen LogP contribution is 2.23. The predicted octanol–water partition coefficient (Wildman–Crippen LogP) is 2.64. The van der Waals surface area contributed by atoms with Gasteiger partial charge in [-0.2, -0.15) is 0 Å². The molecule has 7 nitrogen and oxygen atoms in total. The lowest BCUT2D eigenvalue weighted by Gasteiger charge is -2.10. The van der Waals surface area contributed by atoms with E-state index in [1.54, 1.807) is 43.5 Å². The number of tetrazole rings is 1. The summed E-state index contributed by atoms with van der Waals surface area (Å²) in [6.07, 6.45) is 0. The third-order valence-electron chi connectivity index (χ3n) is 3.31. The van der Waals surface area contributed by atoms with E-state index in [0.29, 0.717) is 22.3 Å². The van der Waals surface area contributed by atoms with Crippen molar-refractivity contribution in [1.29, 1.82) is 0 Å². The van der Waals surface area contributed by atoms with Gasteiger partial charge in [-0.05, 0) is 46.8 Å². The number of benzene rings is 2. The van der Waals surface area contributed by atoms with Crippen LogP contribution in [0.25, 0.3) is 11.4 Å². The minimum Gasteiger partial charge on any atom is -0.495 e. The standard InChI is InChI=1S/C16H14ClN5O2/c1-24-14-5-3-2-4-13(14)18-15(23)10-22-16(19-20-21-22)11-6-8-12(17)9-7-11/h2-9H,10H2,1H3,(H,18,23). The number of nitrogens with one attached hydrogen (secondary N) is 1. The molecule has 1 N–H and O–H groups in total. The SMILES string of the molecule is COc1ccccc1NC(=O)Cn1nnnc1-c1ccc(Cl)cc1. The molecule has 0 aliphatic heterocycles. The molecule has 1 heterocycles. The van der Waals surface area contributed by atoms with Crippen molar-refractivity contribution in [3.8, 4) is 17.1 Å². The first-order chi connectivity index (χ1) is 11.7. The van der Waals surface area contributed by atoms with E-state index in [0.717, 1.165) is 5.56 Å². The molecule has 0 radical (unpaired) electrons. The lowest BCUT2D eigenvalue weighted by atomic mass is 10.2. The lowest BCUT2D eigenvalue weighted by molar-refractivity contribution is -0.116. The molecule has 3 rings (SSSR count). The van der Waals surface area contributed by atoms with Gasteiger partial charge in [-0.3, -0.25) is 4.79 Å². The van der Waals surface area contributed by atoms with Gasteiger partial charge in [0.25, 0.3) is 0 Å². The average molecular weight is 344 g/mol. The number of halogens is 1. The first kappa shape index (κ1) is 15.9. The molecule has 0 aliphatic rings. The third kappa shape index (κ3) is 3.52. The van der Waals surface area contributed by atoms with Crippen LogP contribution in [0.3, 0.4) is 0 Å². The number of hydrogen-bond donors (Lipinski definition) is 1. The minimum absolute atomic E-state index is 0.0248. The van der Waals surface area contributed by atoms with Crippen molar-refractivity contribution in [2.75, 3.05) is 12.4 Å². The Labute approximate surface area is 143 Å². The Balaban J connectivity index is 1.76. The first-order valence-electron chi connectivity index (χ1n) is 7.12. The molecule has 0 spiro atoms. The van der Waals surface area contributed by atoms with Gasteiger partial charge in [-0.15, -0.1) is 5.10 Å². The molecule has 3 aromatic rings. The van der Waals surface area contributed by atoms with E-state index >= 15 is 0 Å². The minimum atomic E-state index is -0.262. The monoisotopic (exact) mass is 343 g/mol. The summed E-state index contributed by atoms with van der Waals surface area (Å²) in [6, 6.07) is 14.2. The Morgan fingerprint density at radius 1 is 1.21 bits per heavy atom. The Morgan fingerprint density at radius 3 is 2.71 bits per heavy atom. The molecule has 1 aromatic heterocycles. The molecular formula is C16H14ClN5O2. The molecular weight excluding hydrogens is 330 g/mol. The van der Waals surface area contributed by atoms with Crippen molar-refractivity contribution in [2.24, 2.45) is 0 Å². The molecule has 0 saturated carbocycles. The highest BCUT2D eigenvalue weighted by Gasteiger charge is 2.13. The van der Waals surface area contributed by atoms with Crippen LogP contribution in [0.2, 0.25) is 5.02 Å². The fourth-order valence-corrected chi connectivity index (χ4v) is 2.32. The number of methoxy groups -OCH3 is 1. The van der Waals surface area contributed by atoms with Gasteiger partial charge >= 0.3 is 0 Å². The number of hydrogen-bond acceptors (Lipinski definition) is 5. The van der Waals surface area contributed by atoms with Crippen molar-refractivity contribution >= 4 is 23.2 Å². The number of carbonyl (C=O) groups excluding carboxylic acids is 1. The van der Waals surface area contributed by atoms with E-state index in [-0.39, 0.29) is 12.5 Å². The fourth-order valence-electron chi connectivity index (χ4n) is 2.19. The van der Waals surface area contributed by atoms with Crippen LogP contribution in [-0.2, 0) is 11.3 Å². The second-order valence-corrected chi connectivity index (χ2v) is 5.35. The predicted molar refractivity (Wildman–Crippen MR) is 89.9 cm³/mol. The highest BCUT2D eigenvalue weighted by molar-refractivity contribution is 6.30. The molecule has 122 valence electrons. The zero-order valence-electron chi connectivity index (χ0n) is 12.8. The van der Waals surface area contributed by atoms with E-state index in [1.165, 1.54) is 4.68 Å². The van der Waals surface area contributed by atoms with Crippen molar-refractivity contribution < 1.29 is 9.53 Å². The van der Waals surface area contributed by atoms with Gasteiger partial charge < -0.3 is 10.1 Å². The van der Waals surface area contributed by atoms with E-state index in [4.69, 9.17) is 16.3 Å². The first-order valence-corrected chi connectivity index (χ1v) is 7.50. The van der Waals surface area contributed by atoms with E-state index in [9.17, 15) is 4.79 Å². The van der Waals surface area contributed by atoms with Crippen LogP contribution in [0.5, 0.6) is 5.75 Å². The highest BCUT2D eigenvalue weighted by atomic mass is 35.5. The molecule has 0 saturated heterocycles. The van der Waals surface area contributed by atoms with E-state index in [2.05, 4.69) is 20.8 Å². The number of amides is 1. The summed E-state index contributed by atoms with van der Waals surface area (Å²) in [7, 11) is 1.55. The largest absolute Gasteiger partial charge is 0.495 e.